The first-order valence-electron chi connectivity index (χ1n) is 13.5. The van der Waals surface area contributed by atoms with Gasteiger partial charge in [-0.25, -0.2) is 4.98 Å². The molecule has 7 heteroatoms. The predicted octanol–water partition coefficient (Wildman–Crippen LogP) is 8.65. The predicted molar refractivity (Wildman–Crippen MR) is 143 cm³/mol. The fraction of sp³-hybridized carbons (Fsp3) is 0.533. The topological polar surface area (TPSA) is 42.7 Å². The first kappa shape index (κ1) is 25.8. The third kappa shape index (κ3) is 5.70. The Kier molecular flexibility index (Phi) is 6.84. The van der Waals surface area contributed by atoms with Crippen molar-refractivity contribution in [1.29, 1.82) is 0 Å². The van der Waals surface area contributed by atoms with Crippen LogP contribution in [0.4, 0.5) is 18.9 Å². The van der Waals surface area contributed by atoms with Crippen molar-refractivity contribution in [1.82, 2.24) is 14.8 Å². The van der Waals surface area contributed by atoms with Crippen LogP contribution in [0.1, 0.15) is 88.7 Å². The van der Waals surface area contributed by atoms with Crippen molar-refractivity contribution in [3.63, 3.8) is 0 Å². The van der Waals surface area contributed by atoms with E-state index in [0.29, 0.717) is 29.0 Å². The zero-order valence-corrected chi connectivity index (χ0v) is 22.0. The van der Waals surface area contributed by atoms with Crippen LogP contribution >= 0.6 is 0 Å². The Balaban J connectivity index is 1.43. The molecule has 37 heavy (non-hydrogen) atoms. The SMILES string of the molecule is C=C(Nc1cc2cn(C3CC(C(C)(C)C)C3)nc2cc1CC1CCCCC1)c1cccc(C(F)(F)F)n1. The highest BCUT2D eigenvalue weighted by atomic mass is 19.4. The second-order valence-electron chi connectivity index (χ2n) is 12.1. The number of hydrogen-bond donors (Lipinski definition) is 1. The number of alkyl halides is 3. The molecule has 2 heterocycles. The third-order valence-electron chi connectivity index (χ3n) is 8.33. The van der Waals surface area contributed by atoms with E-state index in [4.69, 9.17) is 5.10 Å². The minimum atomic E-state index is -4.50. The second kappa shape index (κ2) is 9.80. The average Bonchev–Trinajstić information content (AvgIpc) is 3.19. The van der Waals surface area contributed by atoms with Gasteiger partial charge in [-0.15, -0.1) is 0 Å². The molecule has 2 aromatic heterocycles. The van der Waals surface area contributed by atoms with Crippen molar-refractivity contribution in [3.8, 4) is 0 Å². The molecule has 0 bridgehead atoms. The van der Waals surface area contributed by atoms with Crippen molar-refractivity contribution < 1.29 is 13.2 Å². The molecule has 198 valence electrons. The fourth-order valence-corrected chi connectivity index (χ4v) is 5.81. The molecule has 0 spiro atoms. The van der Waals surface area contributed by atoms with Gasteiger partial charge in [0.15, 0.2) is 0 Å². The van der Waals surface area contributed by atoms with Crippen LogP contribution in [0.3, 0.4) is 0 Å². The smallest absolute Gasteiger partial charge is 0.354 e. The van der Waals surface area contributed by atoms with E-state index in [1.165, 1.54) is 38.2 Å². The van der Waals surface area contributed by atoms with Crippen molar-refractivity contribution in [2.24, 2.45) is 17.3 Å². The molecule has 3 aromatic rings. The number of fused-ring (bicyclic) bond motifs is 1. The molecule has 0 atom stereocenters. The molecule has 0 unspecified atom stereocenters. The van der Waals surface area contributed by atoms with Crippen molar-refractivity contribution >= 4 is 22.3 Å². The zero-order valence-electron chi connectivity index (χ0n) is 22.0. The molecule has 1 aromatic carbocycles. The van der Waals surface area contributed by atoms with Crippen LogP contribution in [0, 0.1) is 17.3 Å². The van der Waals surface area contributed by atoms with Gasteiger partial charge >= 0.3 is 6.18 Å². The highest BCUT2D eigenvalue weighted by molar-refractivity contribution is 5.87. The van der Waals surface area contributed by atoms with Crippen LogP contribution in [-0.4, -0.2) is 14.8 Å². The van der Waals surface area contributed by atoms with Crippen molar-refractivity contribution in [2.75, 3.05) is 5.32 Å². The van der Waals surface area contributed by atoms with Gasteiger partial charge in [0.2, 0.25) is 0 Å². The lowest BCUT2D eigenvalue weighted by Gasteiger charge is -2.43. The van der Waals surface area contributed by atoms with E-state index in [9.17, 15) is 13.2 Å². The van der Waals surface area contributed by atoms with Crippen LogP contribution in [-0.2, 0) is 12.6 Å². The standard InChI is InChI=1S/C30H37F3N4/c1-19(25-11-8-12-28(35-25)30(31,32)33)34-26-15-22-18-37(24-16-23(17-24)29(2,3)4)36-27(22)14-21(26)13-20-9-6-5-7-10-20/h8,11-12,14-15,18,20,23-24,34H,1,5-7,9-10,13,16-17H2,2-4H3. The van der Waals surface area contributed by atoms with Gasteiger partial charge in [0, 0.05) is 17.3 Å². The molecule has 0 radical (unpaired) electrons. The van der Waals surface area contributed by atoms with E-state index < -0.39 is 11.9 Å². The van der Waals surface area contributed by atoms with Crippen molar-refractivity contribution in [2.45, 2.75) is 84.4 Å². The van der Waals surface area contributed by atoms with E-state index in [2.05, 4.69) is 60.7 Å². The molecule has 2 fully saturated rings. The normalized spacial score (nSPS) is 21.1. The largest absolute Gasteiger partial charge is 0.433 e. The molecular weight excluding hydrogens is 473 g/mol. The molecule has 2 saturated carbocycles. The second-order valence-corrected chi connectivity index (χ2v) is 12.1. The van der Waals surface area contributed by atoms with Gasteiger partial charge in [-0.2, -0.15) is 18.3 Å². The lowest BCUT2D eigenvalue weighted by molar-refractivity contribution is -0.141. The summed E-state index contributed by atoms with van der Waals surface area (Å²) < 4.78 is 41.8. The summed E-state index contributed by atoms with van der Waals surface area (Å²) in [6.07, 6.45) is 7.01. The van der Waals surface area contributed by atoms with E-state index in [-0.39, 0.29) is 5.69 Å². The Morgan fingerprint density at radius 2 is 1.81 bits per heavy atom. The van der Waals surface area contributed by atoms with Gasteiger partial charge in [-0.1, -0.05) is 65.5 Å². The van der Waals surface area contributed by atoms with Gasteiger partial charge in [0.05, 0.1) is 22.9 Å². The molecular formula is C30H37F3N4. The minimum Gasteiger partial charge on any atom is -0.354 e. The molecule has 2 aliphatic carbocycles. The molecule has 0 amide bonds. The lowest BCUT2D eigenvalue weighted by atomic mass is 9.66. The molecule has 0 aliphatic heterocycles. The summed E-state index contributed by atoms with van der Waals surface area (Å²) in [6, 6.07) is 8.57. The summed E-state index contributed by atoms with van der Waals surface area (Å²) in [5, 5.41) is 9.30. The van der Waals surface area contributed by atoms with Crippen LogP contribution in [0.15, 0.2) is 43.1 Å². The van der Waals surface area contributed by atoms with Crippen LogP contribution in [0.2, 0.25) is 0 Å². The lowest BCUT2D eigenvalue weighted by Crippen LogP contribution is -2.35. The number of benzene rings is 1. The number of anilines is 1. The van der Waals surface area contributed by atoms with Gasteiger partial charge < -0.3 is 5.32 Å². The molecule has 5 rings (SSSR count). The fourth-order valence-electron chi connectivity index (χ4n) is 5.81. The Morgan fingerprint density at radius 3 is 2.49 bits per heavy atom. The van der Waals surface area contributed by atoms with Gasteiger partial charge in [-0.3, -0.25) is 4.68 Å². The Bertz CT molecular complexity index is 1270. The highest BCUT2D eigenvalue weighted by Gasteiger charge is 2.38. The Hall–Kier alpha value is -2.83. The highest BCUT2D eigenvalue weighted by Crippen LogP contribution is 2.47. The van der Waals surface area contributed by atoms with Crippen LogP contribution < -0.4 is 5.32 Å². The van der Waals surface area contributed by atoms with Gasteiger partial charge in [-0.05, 0) is 66.3 Å². The molecule has 2 aliphatic rings. The van der Waals surface area contributed by atoms with E-state index in [0.717, 1.165) is 47.5 Å². The maximum Gasteiger partial charge on any atom is 0.433 e. The molecule has 0 saturated heterocycles. The summed E-state index contributed by atoms with van der Waals surface area (Å²) in [7, 11) is 0. The summed E-state index contributed by atoms with van der Waals surface area (Å²) >= 11 is 0. The minimum absolute atomic E-state index is 0.192. The van der Waals surface area contributed by atoms with Crippen LogP contribution in [0.25, 0.3) is 16.6 Å². The maximum absolute atomic E-state index is 13.2. The number of nitrogens with one attached hydrogen (secondary N) is 1. The number of nitrogens with zero attached hydrogens (tertiary/aromatic N) is 3. The number of halogens is 3. The number of aromatic nitrogens is 3. The third-order valence-corrected chi connectivity index (χ3v) is 8.33. The van der Waals surface area contributed by atoms with Gasteiger partial charge in [0.1, 0.15) is 5.69 Å². The zero-order chi connectivity index (χ0) is 26.4. The summed E-state index contributed by atoms with van der Waals surface area (Å²) in [4.78, 5) is 3.82. The average molecular weight is 511 g/mol. The number of hydrogen-bond acceptors (Lipinski definition) is 3. The quantitative estimate of drug-likeness (QED) is 0.361. The monoisotopic (exact) mass is 510 g/mol. The summed E-state index contributed by atoms with van der Waals surface area (Å²) in [5.41, 5.74) is 2.93. The van der Waals surface area contributed by atoms with Gasteiger partial charge in [0.25, 0.3) is 0 Å². The molecule has 1 N–H and O–H groups in total. The number of rotatable bonds is 6. The maximum atomic E-state index is 13.2. The summed E-state index contributed by atoms with van der Waals surface area (Å²) in [6.45, 7) is 10.9. The summed E-state index contributed by atoms with van der Waals surface area (Å²) in [5.74, 6) is 1.31. The Labute approximate surface area is 217 Å². The number of pyridine rings is 1. The first-order valence-corrected chi connectivity index (χ1v) is 13.5. The van der Waals surface area contributed by atoms with E-state index in [1.807, 2.05) is 0 Å². The van der Waals surface area contributed by atoms with Crippen LogP contribution in [0.5, 0.6) is 0 Å². The molecule has 4 nitrogen and oxygen atoms in total. The van der Waals surface area contributed by atoms with E-state index >= 15 is 0 Å². The van der Waals surface area contributed by atoms with E-state index in [1.54, 1.807) is 6.07 Å². The Morgan fingerprint density at radius 1 is 1.08 bits per heavy atom. The van der Waals surface area contributed by atoms with Crippen molar-refractivity contribution in [3.05, 3.63) is 60.1 Å². The first-order chi connectivity index (χ1) is 17.5.